The van der Waals surface area contributed by atoms with E-state index in [0.717, 1.165) is 0 Å². The summed E-state index contributed by atoms with van der Waals surface area (Å²) in [4.78, 5) is 4.45. The van der Waals surface area contributed by atoms with E-state index in [-0.39, 0.29) is 4.90 Å². The van der Waals surface area contributed by atoms with Crippen LogP contribution in [0.4, 0.5) is 5.69 Å². The van der Waals surface area contributed by atoms with Gasteiger partial charge in [0.15, 0.2) is 0 Å². The summed E-state index contributed by atoms with van der Waals surface area (Å²) in [5.41, 5.74) is 8.23. The summed E-state index contributed by atoms with van der Waals surface area (Å²) < 4.78 is 27.8. The molecule has 0 fully saturated rings. The van der Waals surface area contributed by atoms with Gasteiger partial charge in [-0.05, 0) is 56.2 Å². The number of aryl methyl sites for hydroxylation is 2. The number of nitrogens with one attached hydrogen (secondary N) is 1. The van der Waals surface area contributed by atoms with Crippen molar-refractivity contribution in [3.63, 3.8) is 0 Å². The van der Waals surface area contributed by atoms with Crippen molar-refractivity contribution in [1.29, 1.82) is 0 Å². The molecule has 0 spiro atoms. The summed E-state index contributed by atoms with van der Waals surface area (Å²) in [5.74, 6) is 0. The number of nitrogens with two attached hydrogens (primary N) is 1. The number of pyridine rings is 1. The zero-order valence-electron chi connectivity index (χ0n) is 12.3. The molecule has 1 unspecified atom stereocenters. The van der Waals surface area contributed by atoms with Crippen molar-refractivity contribution < 1.29 is 8.42 Å². The zero-order chi connectivity index (χ0) is 15.6. The fourth-order valence-electron chi connectivity index (χ4n) is 2.39. The number of nitrogen functional groups attached to an aromatic ring is 1. The van der Waals surface area contributed by atoms with Gasteiger partial charge in [0.05, 0.1) is 16.6 Å². The second-order valence-electron chi connectivity index (χ2n) is 5.08. The van der Waals surface area contributed by atoms with Gasteiger partial charge in [-0.15, -0.1) is 0 Å². The molecule has 112 valence electrons. The lowest BCUT2D eigenvalue weighted by atomic mass is 10.1. The third-order valence-corrected chi connectivity index (χ3v) is 5.06. The third kappa shape index (κ3) is 3.40. The zero-order valence-corrected chi connectivity index (χ0v) is 13.1. The normalized spacial score (nSPS) is 13.1. The first-order chi connectivity index (χ1) is 9.81. The summed E-state index contributed by atoms with van der Waals surface area (Å²) >= 11 is 0. The van der Waals surface area contributed by atoms with E-state index in [9.17, 15) is 8.42 Å². The average molecular weight is 305 g/mol. The van der Waals surface area contributed by atoms with Crippen molar-refractivity contribution in [2.45, 2.75) is 31.7 Å². The van der Waals surface area contributed by atoms with E-state index in [1.54, 1.807) is 51.2 Å². The van der Waals surface area contributed by atoms with E-state index in [2.05, 4.69) is 9.71 Å². The summed E-state index contributed by atoms with van der Waals surface area (Å²) in [5, 5.41) is 0. The van der Waals surface area contributed by atoms with Gasteiger partial charge in [-0.25, -0.2) is 13.1 Å². The fraction of sp³-hybridized carbons (Fsp3) is 0.267. The molecule has 0 bridgehead atoms. The minimum absolute atomic E-state index is 0.277. The van der Waals surface area contributed by atoms with Gasteiger partial charge >= 0.3 is 0 Å². The molecule has 0 radical (unpaired) electrons. The van der Waals surface area contributed by atoms with Crippen LogP contribution >= 0.6 is 0 Å². The van der Waals surface area contributed by atoms with Crippen LogP contribution in [0.2, 0.25) is 0 Å². The lowest BCUT2D eigenvalue weighted by molar-refractivity contribution is 0.563. The maximum absolute atomic E-state index is 12.6. The largest absolute Gasteiger partial charge is 0.399 e. The van der Waals surface area contributed by atoms with Crippen LogP contribution in [0.15, 0.2) is 41.4 Å². The maximum atomic E-state index is 12.6. The molecule has 2 aromatic rings. The van der Waals surface area contributed by atoms with E-state index < -0.39 is 16.1 Å². The molecule has 1 heterocycles. The molecule has 6 heteroatoms. The second kappa shape index (κ2) is 5.83. The summed E-state index contributed by atoms with van der Waals surface area (Å²) in [6.45, 7) is 5.24. The number of anilines is 1. The van der Waals surface area contributed by atoms with Crippen molar-refractivity contribution in [2.75, 3.05) is 5.73 Å². The third-order valence-electron chi connectivity index (χ3n) is 3.21. The number of rotatable bonds is 4. The Morgan fingerprint density at radius 2 is 1.81 bits per heavy atom. The number of nitrogens with zero attached hydrogens (tertiary/aromatic N) is 1. The van der Waals surface area contributed by atoms with Crippen molar-refractivity contribution in [2.24, 2.45) is 0 Å². The molecular weight excluding hydrogens is 286 g/mol. The Kier molecular flexibility index (Phi) is 4.29. The van der Waals surface area contributed by atoms with E-state index in [1.807, 2.05) is 6.07 Å². The molecule has 0 aliphatic heterocycles. The second-order valence-corrected chi connectivity index (χ2v) is 6.73. The monoisotopic (exact) mass is 305 g/mol. The van der Waals surface area contributed by atoms with Crippen LogP contribution in [0, 0.1) is 13.8 Å². The standard InChI is InChI=1S/C15H19N3O2S/c1-10-8-13(16)9-11(2)15(10)21(19,20)18-12(3)14-6-4-5-7-17-14/h4-9,12,18H,16H2,1-3H3. The predicted octanol–water partition coefficient (Wildman–Crippen LogP) is 2.32. The predicted molar refractivity (Wildman–Crippen MR) is 83.3 cm³/mol. The van der Waals surface area contributed by atoms with Gasteiger partial charge < -0.3 is 5.73 Å². The first kappa shape index (κ1) is 15.5. The highest BCUT2D eigenvalue weighted by molar-refractivity contribution is 7.89. The van der Waals surface area contributed by atoms with Crippen LogP contribution < -0.4 is 10.5 Å². The molecule has 1 aromatic carbocycles. The Labute approximate surface area is 125 Å². The average Bonchev–Trinajstić information content (AvgIpc) is 2.37. The highest BCUT2D eigenvalue weighted by atomic mass is 32.2. The van der Waals surface area contributed by atoms with E-state index in [4.69, 9.17) is 5.73 Å². The van der Waals surface area contributed by atoms with Crippen molar-refractivity contribution in [3.05, 3.63) is 53.3 Å². The molecule has 0 aliphatic rings. The Hall–Kier alpha value is -1.92. The summed E-state index contributed by atoms with van der Waals surface area (Å²) in [6.07, 6.45) is 1.64. The van der Waals surface area contributed by atoms with Crippen molar-refractivity contribution >= 4 is 15.7 Å². The number of hydrogen-bond acceptors (Lipinski definition) is 4. The molecule has 5 nitrogen and oxygen atoms in total. The lowest BCUT2D eigenvalue weighted by Crippen LogP contribution is -2.28. The topological polar surface area (TPSA) is 85.1 Å². The molecular formula is C15H19N3O2S. The van der Waals surface area contributed by atoms with Crippen LogP contribution in [0.5, 0.6) is 0 Å². The van der Waals surface area contributed by atoms with Gasteiger partial charge in [-0.2, -0.15) is 0 Å². The molecule has 0 saturated carbocycles. The minimum Gasteiger partial charge on any atom is -0.399 e. The van der Waals surface area contributed by atoms with Crippen molar-refractivity contribution in [1.82, 2.24) is 9.71 Å². The number of hydrogen-bond donors (Lipinski definition) is 2. The molecule has 0 saturated heterocycles. The summed E-state index contributed by atoms with van der Waals surface area (Å²) in [6, 6.07) is 8.31. The number of sulfonamides is 1. The molecule has 2 rings (SSSR count). The van der Waals surface area contributed by atoms with Gasteiger partial charge in [0, 0.05) is 11.9 Å². The fourth-order valence-corrected chi connectivity index (χ4v) is 4.06. The van der Waals surface area contributed by atoms with Gasteiger partial charge in [0.2, 0.25) is 10.0 Å². The highest BCUT2D eigenvalue weighted by Crippen LogP contribution is 2.24. The van der Waals surface area contributed by atoms with E-state index >= 15 is 0 Å². The smallest absolute Gasteiger partial charge is 0.241 e. The SMILES string of the molecule is Cc1cc(N)cc(C)c1S(=O)(=O)NC(C)c1ccccn1. The Morgan fingerprint density at radius 1 is 1.19 bits per heavy atom. The number of benzene rings is 1. The van der Waals surface area contributed by atoms with Crippen LogP contribution in [0.3, 0.4) is 0 Å². The quantitative estimate of drug-likeness (QED) is 0.849. The summed E-state index contributed by atoms with van der Waals surface area (Å²) in [7, 11) is -3.63. The van der Waals surface area contributed by atoms with Gasteiger partial charge in [-0.1, -0.05) is 6.07 Å². The molecule has 3 N–H and O–H groups in total. The van der Waals surface area contributed by atoms with Crippen molar-refractivity contribution in [3.8, 4) is 0 Å². The molecule has 0 aliphatic carbocycles. The van der Waals surface area contributed by atoms with Gasteiger partial charge in [-0.3, -0.25) is 4.98 Å². The van der Waals surface area contributed by atoms with E-state index in [0.29, 0.717) is 22.5 Å². The lowest BCUT2D eigenvalue weighted by Gasteiger charge is -2.17. The van der Waals surface area contributed by atoms with Crippen LogP contribution in [0.1, 0.15) is 29.8 Å². The molecule has 1 atom stereocenters. The van der Waals surface area contributed by atoms with Crippen LogP contribution in [-0.2, 0) is 10.0 Å². The first-order valence-corrected chi connectivity index (χ1v) is 8.09. The van der Waals surface area contributed by atoms with Gasteiger partial charge in [0.1, 0.15) is 0 Å². The van der Waals surface area contributed by atoms with Crippen LogP contribution in [0.25, 0.3) is 0 Å². The maximum Gasteiger partial charge on any atom is 0.241 e. The molecule has 1 aromatic heterocycles. The molecule has 21 heavy (non-hydrogen) atoms. The van der Waals surface area contributed by atoms with Crippen LogP contribution in [-0.4, -0.2) is 13.4 Å². The Bertz CT molecular complexity index is 720. The Balaban J connectivity index is 2.36. The first-order valence-electron chi connectivity index (χ1n) is 6.61. The Morgan fingerprint density at radius 3 is 2.33 bits per heavy atom. The highest BCUT2D eigenvalue weighted by Gasteiger charge is 2.23. The molecule has 0 amide bonds. The van der Waals surface area contributed by atoms with E-state index in [1.165, 1.54) is 0 Å². The number of aromatic nitrogens is 1. The minimum atomic E-state index is -3.63. The van der Waals surface area contributed by atoms with Gasteiger partial charge in [0.25, 0.3) is 0 Å².